The van der Waals surface area contributed by atoms with E-state index in [1.54, 1.807) is 13.0 Å². The number of aliphatic hydroxyl groups is 1. The highest BCUT2D eigenvalue weighted by Gasteiger charge is 2.36. The molecule has 160 valence electrons. The number of aliphatic hydroxyl groups excluding tert-OH is 1. The van der Waals surface area contributed by atoms with E-state index in [1.807, 2.05) is 75.5 Å². The lowest BCUT2D eigenvalue weighted by Crippen LogP contribution is -2.35. The fourth-order valence-electron chi connectivity index (χ4n) is 3.27. The van der Waals surface area contributed by atoms with Gasteiger partial charge in [0.05, 0.1) is 0 Å². The average molecular weight is 407 g/mol. The summed E-state index contributed by atoms with van der Waals surface area (Å²) < 4.78 is 0. The van der Waals surface area contributed by atoms with E-state index in [4.69, 9.17) is 0 Å². The minimum absolute atomic E-state index is 0.172. The standard InChI is InChI=1S/C27H34O3/c1-20(11-7-8-12-21(2)15-10-18-28)13-9-14-22(3)16-17-24-23(4)26(30)25(29)19-27(24,5)6/h7-18,25,29H,19H2,1-6H3/b8-7+,13-9+,15-10+,17-16+,20-11+,21-12+,22-14+. The molecule has 0 aliphatic heterocycles. The molecule has 0 heterocycles. The molecule has 1 aliphatic rings. The van der Waals surface area contributed by atoms with Crippen LogP contribution in [0.3, 0.4) is 0 Å². The fraction of sp³-hybridized carbons (Fsp3) is 0.333. The summed E-state index contributed by atoms with van der Waals surface area (Å²) in [6.07, 6.45) is 21.5. The molecule has 1 atom stereocenters. The predicted octanol–water partition coefficient (Wildman–Crippen LogP) is 5.93. The molecular weight excluding hydrogens is 372 g/mol. The summed E-state index contributed by atoms with van der Waals surface area (Å²) in [4.78, 5) is 22.4. The monoisotopic (exact) mass is 406 g/mol. The van der Waals surface area contributed by atoms with Gasteiger partial charge in [-0.3, -0.25) is 9.59 Å². The number of hydrogen-bond acceptors (Lipinski definition) is 3. The van der Waals surface area contributed by atoms with Crippen LogP contribution in [0, 0.1) is 5.41 Å². The molecule has 1 rings (SSSR count). The molecule has 3 heteroatoms. The summed E-state index contributed by atoms with van der Waals surface area (Å²) in [7, 11) is 0. The first-order valence-corrected chi connectivity index (χ1v) is 10.2. The molecule has 1 unspecified atom stereocenters. The zero-order valence-corrected chi connectivity index (χ0v) is 19.0. The lowest BCUT2D eigenvalue weighted by molar-refractivity contribution is -0.125. The summed E-state index contributed by atoms with van der Waals surface area (Å²) in [6.45, 7) is 11.9. The van der Waals surface area contributed by atoms with Crippen molar-refractivity contribution in [1.82, 2.24) is 0 Å². The van der Waals surface area contributed by atoms with E-state index in [-0.39, 0.29) is 11.2 Å². The van der Waals surface area contributed by atoms with Crippen molar-refractivity contribution in [2.45, 2.75) is 54.1 Å². The maximum absolute atomic E-state index is 12.1. The topological polar surface area (TPSA) is 54.4 Å². The van der Waals surface area contributed by atoms with Crippen LogP contribution in [0.5, 0.6) is 0 Å². The summed E-state index contributed by atoms with van der Waals surface area (Å²) in [5.74, 6) is -0.172. The second-order valence-corrected chi connectivity index (χ2v) is 8.31. The van der Waals surface area contributed by atoms with Crippen LogP contribution >= 0.6 is 0 Å². The van der Waals surface area contributed by atoms with Gasteiger partial charge in [0.15, 0.2) is 5.78 Å². The molecule has 0 saturated carbocycles. The van der Waals surface area contributed by atoms with E-state index in [0.717, 1.165) is 28.6 Å². The Labute approximate surface area is 181 Å². The van der Waals surface area contributed by atoms with Crippen molar-refractivity contribution in [3.8, 4) is 0 Å². The largest absolute Gasteiger partial charge is 0.385 e. The van der Waals surface area contributed by atoms with Gasteiger partial charge in [-0.25, -0.2) is 0 Å². The first kappa shape index (κ1) is 25.3. The number of rotatable bonds is 8. The molecule has 0 bridgehead atoms. The Morgan fingerprint density at radius 1 is 0.900 bits per heavy atom. The summed E-state index contributed by atoms with van der Waals surface area (Å²) in [5.41, 5.74) is 4.60. The first-order chi connectivity index (χ1) is 14.1. The molecular formula is C27H34O3. The van der Waals surface area contributed by atoms with Crippen LogP contribution in [0.2, 0.25) is 0 Å². The quantitative estimate of drug-likeness (QED) is 0.309. The van der Waals surface area contributed by atoms with Crippen molar-refractivity contribution < 1.29 is 14.7 Å². The third kappa shape index (κ3) is 8.30. The van der Waals surface area contributed by atoms with E-state index >= 15 is 0 Å². The van der Waals surface area contributed by atoms with E-state index in [2.05, 4.69) is 13.8 Å². The zero-order valence-electron chi connectivity index (χ0n) is 19.0. The summed E-state index contributed by atoms with van der Waals surface area (Å²) in [5, 5.41) is 9.93. The van der Waals surface area contributed by atoms with Crippen LogP contribution < -0.4 is 0 Å². The number of allylic oxidation sites excluding steroid dienone is 15. The highest BCUT2D eigenvalue weighted by atomic mass is 16.3. The van der Waals surface area contributed by atoms with Gasteiger partial charge in [-0.1, -0.05) is 91.3 Å². The number of carbonyl (C=O) groups excluding carboxylic acids is 2. The normalized spacial score (nSPS) is 21.8. The number of aldehydes is 1. The molecule has 0 aromatic carbocycles. The van der Waals surface area contributed by atoms with E-state index in [0.29, 0.717) is 12.0 Å². The van der Waals surface area contributed by atoms with E-state index < -0.39 is 6.10 Å². The van der Waals surface area contributed by atoms with Crippen LogP contribution in [0.15, 0.2) is 94.7 Å². The maximum atomic E-state index is 12.1. The van der Waals surface area contributed by atoms with Gasteiger partial charge in [0.25, 0.3) is 0 Å². The van der Waals surface area contributed by atoms with Crippen LogP contribution in [0.25, 0.3) is 0 Å². The molecule has 0 amide bonds. The second kappa shape index (κ2) is 12.0. The molecule has 0 aromatic rings. The van der Waals surface area contributed by atoms with Gasteiger partial charge in [-0.05, 0) is 56.8 Å². The van der Waals surface area contributed by atoms with Crippen LogP contribution in [-0.2, 0) is 9.59 Å². The highest BCUT2D eigenvalue weighted by molar-refractivity contribution is 6.00. The number of hydrogen-bond donors (Lipinski definition) is 1. The fourth-order valence-corrected chi connectivity index (χ4v) is 3.27. The van der Waals surface area contributed by atoms with Crippen molar-refractivity contribution >= 4 is 12.1 Å². The van der Waals surface area contributed by atoms with Crippen LogP contribution in [0.4, 0.5) is 0 Å². The number of ketones is 1. The molecule has 0 fully saturated rings. The van der Waals surface area contributed by atoms with Gasteiger partial charge in [-0.15, -0.1) is 0 Å². The van der Waals surface area contributed by atoms with Gasteiger partial charge in [0.1, 0.15) is 12.4 Å². The molecule has 1 N–H and O–H groups in total. The van der Waals surface area contributed by atoms with Gasteiger partial charge in [0, 0.05) is 0 Å². The lowest BCUT2D eigenvalue weighted by Gasteiger charge is -2.34. The van der Waals surface area contributed by atoms with Crippen LogP contribution in [0.1, 0.15) is 48.0 Å². The second-order valence-electron chi connectivity index (χ2n) is 8.31. The van der Waals surface area contributed by atoms with Gasteiger partial charge < -0.3 is 5.11 Å². The molecule has 0 radical (unpaired) electrons. The SMILES string of the molecule is CC1=C(/C=C/C(C)=C/C=C/C(C)=C/C=C/C=C(C)/C=C/C=O)C(C)(C)CC(O)C1=O. The third-order valence-electron chi connectivity index (χ3n) is 5.01. The Morgan fingerprint density at radius 3 is 1.97 bits per heavy atom. The molecule has 3 nitrogen and oxygen atoms in total. The molecule has 0 saturated heterocycles. The Bertz CT molecular complexity index is 881. The first-order valence-electron chi connectivity index (χ1n) is 10.2. The minimum atomic E-state index is -0.896. The van der Waals surface area contributed by atoms with Crippen molar-refractivity contribution in [2.24, 2.45) is 5.41 Å². The van der Waals surface area contributed by atoms with E-state index in [9.17, 15) is 14.7 Å². The van der Waals surface area contributed by atoms with Crippen molar-refractivity contribution in [2.75, 3.05) is 0 Å². The van der Waals surface area contributed by atoms with Gasteiger partial charge in [-0.2, -0.15) is 0 Å². The minimum Gasteiger partial charge on any atom is -0.385 e. The average Bonchev–Trinajstić information content (AvgIpc) is 2.67. The predicted molar refractivity (Wildman–Crippen MR) is 126 cm³/mol. The third-order valence-corrected chi connectivity index (χ3v) is 5.01. The molecule has 30 heavy (non-hydrogen) atoms. The van der Waals surface area contributed by atoms with Crippen molar-refractivity contribution in [3.63, 3.8) is 0 Å². The Balaban J connectivity index is 2.79. The van der Waals surface area contributed by atoms with Crippen molar-refractivity contribution in [3.05, 3.63) is 94.7 Å². The maximum Gasteiger partial charge on any atom is 0.187 e. The zero-order chi connectivity index (χ0) is 22.7. The van der Waals surface area contributed by atoms with Gasteiger partial charge >= 0.3 is 0 Å². The number of Topliss-reactive ketones (excluding diaryl/α,β-unsaturated/α-hetero) is 1. The van der Waals surface area contributed by atoms with Crippen LogP contribution in [-0.4, -0.2) is 23.3 Å². The van der Waals surface area contributed by atoms with E-state index in [1.165, 1.54) is 6.08 Å². The Kier molecular flexibility index (Phi) is 10.1. The highest BCUT2D eigenvalue weighted by Crippen LogP contribution is 2.39. The Hall–Kier alpha value is -2.78. The summed E-state index contributed by atoms with van der Waals surface area (Å²) >= 11 is 0. The van der Waals surface area contributed by atoms with Crippen molar-refractivity contribution in [1.29, 1.82) is 0 Å². The molecule has 0 spiro atoms. The lowest BCUT2D eigenvalue weighted by atomic mass is 9.71. The molecule has 1 aliphatic carbocycles. The smallest absolute Gasteiger partial charge is 0.187 e. The number of carbonyl (C=O) groups is 2. The van der Waals surface area contributed by atoms with Gasteiger partial charge in [0.2, 0.25) is 0 Å². The Morgan fingerprint density at radius 2 is 1.40 bits per heavy atom. The molecule has 0 aromatic heterocycles. The summed E-state index contributed by atoms with van der Waals surface area (Å²) in [6, 6.07) is 0.